The third kappa shape index (κ3) is 2.15. The molecule has 0 aromatic heterocycles. The van der Waals surface area contributed by atoms with Crippen LogP contribution in [-0.4, -0.2) is 7.85 Å². The molecule has 0 atom stereocenters. The molecule has 0 bridgehead atoms. The first-order valence-corrected chi connectivity index (χ1v) is 5.16. The Morgan fingerprint density at radius 1 is 1.23 bits per heavy atom. The maximum Gasteiger partial charge on any atom is 0.107 e. The van der Waals surface area contributed by atoms with Gasteiger partial charge in [-0.25, -0.2) is 0 Å². The lowest BCUT2D eigenvalue weighted by Gasteiger charge is -2.13. The predicted molar refractivity (Wildman–Crippen MR) is 62.3 cm³/mol. The first kappa shape index (κ1) is 10.4. The highest BCUT2D eigenvalue weighted by atomic mass is 14.1. The predicted octanol–water partition coefficient (Wildman–Crippen LogP) is 2.56. The Kier molecular flexibility index (Phi) is 3.19. The summed E-state index contributed by atoms with van der Waals surface area (Å²) in [6, 6.07) is 4.67. The van der Waals surface area contributed by atoms with Crippen molar-refractivity contribution in [1.29, 1.82) is 0 Å². The van der Waals surface area contributed by atoms with Gasteiger partial charge in [0, 0.05) is 0 Å². The second-order valence-electron chi connectivity index (χ2n) is 4.13. The third-order valence-corrected chi connectivity index (χ3v) is 2.84. The average molecular weight is 174 g/mol. The molecule has 0 saturated carbocycles. The molecule has 0 nitrogen and oxygen atoms in total. The van der Waals surface area contributed by atoms with Crippen LogP contribution in [0.15, 0.2) is 12.1 Å². The Labute approximate surface area is 82.8 Å². The highest BCUT2D eigenvalue weighted by molar-refractivity contribution is 6.08. The van der Waals surface area contributed by atoms with Crippen LogP contribution in [-0.2, 0) is 6.32 Å². The largest absolute Gasteiger partial charge is 0.107 e. The van der Waals surface area contributed by atoms with Gasteiger partial charge in [0.1, 0.15) is 7.85 Å². The Bertz CT molecular complexity index is 300. The zero-order valence-corrected chi connectivity index (χ0v) is 9.44. The summed E-state index contributed by atoms with van der Waals surface area (Å²) >= 11 is 0. The number of aryl methyl sites for hydroxylation is 1. The van der Waals surface area contributed by atoms with Crippen LogP contribution >= 0.6 is 0 Å². The molecule has 0 fully saturated rings. The van der Waals surface area contributed by atoms with Crippen LogP contribution in [0.1, 0.15) is 42.0 Å². The van der Waals surface area contributed by atoms with Gasteiger partial charge in [-0.1, -0.05) is 37.9 Å². The van der Waals surface area contributed by atoms with Crippen molar-refractivity contribution in [3.05, 3.63) is 34.4 Å². The summed E-state index contributed by atoms with van der Waals surface area (Å²) in [7, 11) is 2.23. The molecule has 13 heavy (non-hydrogen) atoms. The van der Waals surface area contributed by atoms with Crippen LogP contribution in [0.3, 0.4) is 0 Å². The van der Waals surface area contributed by atoms with Gasteiger partial charge in [-0.15, -0.1) is 0 Å². The zero-order chi connectivity index (χ0) is 10.0. The molecule has 0 heterocycles. The minimum Gasteiger partial charge on any atom is -0.0587 e. The smallest absolute Gasteiger partial charge is 0.0587 e. The van der Waals surface area contributed by atoms with Gasteiger partial charge in [0.15, 0.2) is 0 Å². The van der Waals surface area contributed by atoms with Crippen molar-refractivity contribution < 1.29 is 0 Å². The summed E-state index contributed by atoms with van der Waals surface area (Å²) in [4.78, 5) is 0. The van der Waals surface area contributed by atoms with Crippen LogP contribution in [0, 0.1) is 13.8 Å². The van der Waals surface area contributed by atoms with Gasteiger partial charge in [-0.05, 0) is 36.5 Å². The second-order valence-corrected chi connectivity index (χ2v) is 4.13. The lowest BCUT2D eigenvalue weighted by Crippen LogP contribution is -1.97. The van der Waals surface area contributed by atoms with E-state index in [1.54, 1.807) is 0 Å². The van der Waals surface area contributed by atoms with E-state index in [4.69, 9.17) is 0 Å². The summed E-state index contributed by atoms with van der Waals surface area (Å²) in [5.74, 6) is 0.643. The van der Waals surface area contributed by atoms with Gasteiger partial charge >= 0.3 is 0 Å². The minimum absolute atomic E-state index is 0.643. The van der Waals surface area contributed by atoms with E-state index in [1.165, 1.54) is 22.3 Å². The number of benzene rings is 1. The first-order valence-electron chi connectivity index (χ1n) is 5.16. The van der Waals surface area contributed by atoms with E-state index < -0.39 is 0 Å². The monoisotopic (exact) mass is 174 g/mol. The van der Waals surface area contributed by atoms with Crippen molar-refractivity contribution in [2.75, 3.05) is 0 Å². The van der Waals surface area contributed by atoms with Gasteiger partial charge in [0.05, 0.1) is 0 Å². The molecule has 0 N–H and O–H groups in total. The van der Waals surface area contributed by atoms with Crippen LogP contribution in [0.2, 0.25) is 0 Å². The van der Waals surface area contributed by atoms with Crippen LogP contribution in [0.4, 0.5) is 0 Å². The van der Waals surface area contributed by atoms with Gasteiger partial charge in [-0.3, -0.25) is 0 Å². The first-order chi connectivity index (χ1) is 6.06. The van der Waals surface area contributed by atoms with E-state index in [0.717, 1.165) is 6.32 Å². The summed E-state index contributed by atoms with van der Waals surface area (Å²) in [5.41, 5.74) is 5.87. The molecular weight excluding hydrogens is 155 g/mol. The molecule has 0 aliphatic carbocycles. The minimum atomic E-state index is 0.643. The maximum atomic E-state index is 2.35. The lowest BCUT2D eigenvalue weighted by atomic mass is 9.87. The van der Waals surface area contributed by atoms with E-state index in [-0.39, 0.29) is 0 Å². The highest BCUT2D eigenvalue weighted by Crippen LogP contribution is 2.21. The van der Waals surface area contributed by atoms with E-state index in [1.807, 2.05) is 0 Å². The average Bonchev–Trinajstić information content (AvgIpc) is 2.09. The Morgan fingerprint density at radius 2 is 1.85 bits per heavy atom. The van der Waals surface area contributed by atoms with E-state index in [9.17, 15) is 0 Å². The molecule has 0 aliphatic heterocycles. The standard InChI is InChI=1S/C12H19B/c1-8(2)11-5-9(3)10(4)12(6-11)7-13/h5-6,8H,7,13H2,1-4H3. The molecule has 0 aliphatic rings. The van der Waals surface area contributed by atoms with Crippen molar-refractivity contribution in [1.82, 2.24) is 0 Å². The quantitative estimate of drug-likeness (QED) is 0.604. The molecule has 1 aromatic carbocycles. The van der Waals surface area contributed by atoms with E-state index in [0.29, 0.717) is 5.92 Å². The Morgan fingerprint density at radius 3 is 2.31 bits per heavy atom. The van der Waals surface area contributed by atoms with Gasteiger partial charge in [0.2, 0.25) is 0 Å². The fourth-order valence-electron chi connectivity index (χ4n) is 1.66. The van der Waals surface area contributed by atoms with Crippen molar-refractivity contribution in [2.45, 2.75) is 39.9 Å². The molecule has 1 rings (SSSR count). The van der Waals surface area contributed by atoms with Crippen molar-refractivity contribution in [3.63, 3.8) is 0 Å². The normalized spacial score (nSPS) is 10.8. The van der Waals surface area contributed by atoms with Crippen molar-refractivity contribution in [3.8, 4) is 0 Å². The van der Waals surface area contributed by atoms with Crippen molar-refractivity contribution in [2.24, 2.45) is 0 Å². The molecule has 0 unspecified atom stereocenters. The molecular formula is C12H19B. The topological polar surface area (TPSA) is 0 Å². The summed E-state index contributed by atoms with van der Waals surface area (Å²) in [6.07, 6.45) is 1.15. The van der Waals surface area contributed by atoms with Crippen LogP contribution in [0.25, 0.3) is 0 Å². The molecule has 0 amide bonds. The Hall–Kier alpha value is -0.715. The molecule has 1 heteroatoms. The van der Waals surface area contributed by atoms with Gasteiger partial charge < -0.3 is 0 Å². The van der Waals surface area contributed by atoms with Gasteiger partial charge in [-0.2, -0.15) is 0 Å². The molecule has 0 saturated heterocycles. The van der Waals surface area contributed by atoms with Crippen LogP contribution in [0.5, 0.6) is 0 Å². The molecule has 0 radical (unpaired) electrons. The fraction of sp³-hybridized carbons (Fsp3) is 0.500. The van der Waals surface area contributed by atoms with Gasteiger partial charge in [0.25, 0.3) is 0 Å². The number of hydrogen-bond acceptors (Lipinski definition) is 0. The van der Waals surface area contributed by atoms with Crippen LogP contribution < -0.4 is 0 Å². The second kappa shape index (κ2) is 4.00. The lowest BCUT2D eigenvalue weighted by molar-refractivity contribution is 0.861. The Balaban J connectivity index is 3.22. The van der Waals surface area contributed by atoms with Crippen molar-refractivity contribution >= 4 is 7.85 Å². The maximum absolute atomic E-state index is 2.35. The fourth-order valence-corrected chi connectivity index (χ4v) is 1.66. The number of rotatable bonds is 2. The SMILES string of the molecule is BCc1cc(C(C)C)cc(C)c1C. The molecule has 70 valence electrons. The molecule has 0 spiro atoms. The highest BCUT2D eigenvalue weighted by Gasteiger charge is 2.05. The molecule has 1 aromatic rings. The summed E-state index contributed by atoms with van der Waals surface area (Å²) in [6.45, 7) is 8.94. The number of hydrogen-bond donors (Lipinski definition) is 0. The van der Waals surface area contributed by atoms with E-state index in [2.05, 4.69) is 47.7 Å². The van der Waals surface area contributed by atoms with E-state index >= 15 is 0 Å². The summed E-state index contributed by atoms with van der Waals surface area (Å²) in [5, 5.41) is 0. The zero-order valence-electron chi connectivity index (χ0n) is 9.44. The summed E-state index contributed by atoms with van der Waals surface area (Å²) < 4.78 is 0. The third-order valence-electron chi connectivity index (χ3n) is 2.84.